The first-order valence-corrected chi connectivity index (χ1v) is 9.33. The van der Waals surface area contributed by atoms with Crippen molar-refractivity contribution in [3.05, 3.63) is 50.7 Å². The van der Waals surface area contributed by atoms with Gasteiger partial charge in [0, 0.05) is 20.2 Å². The van der Waals surface area contributed by atoms with Crippen LogP contribution in [0.5, 0.6) is 5.75 Å². The standard InChI is InChI=1S/C19H25N5O5/c1-12-6-3-4-7-14(12)29-11-13(26)10-24-15-16(21-18(24)20-8-5-9-25)23(2)19(28)22-17(15)27/h3-4,6-7,13,25-26H,5,8-11H2,1-2H3,(H,20,21)(H,22,27,28)/t13-/m0/s1. The maximum Gasteiger partial charge on any atom is 0.329 e. The Morgan fingerprint density at radius 3 is 2.79 bits per heavy atom. The van der Waals surface area contributed by atoms with Gasteiger partial charge in [0.2, 0.25) is 5.95 Å². The van der Waals surface area contributed by atoms with Crippen molar-refractivity contribution in [2.24, 2.45) is 7.05 Å². The molecule has 1 aromatic carbocycles. The Morgan fingerprint density at radius 1 is 1.31 bits per heavy atom. The van der Waals surface area contributed by atoms with Crippen LogP contribution in [0.3, 0.4) is 0 Å². The number of rotatable bonds is 9. The number of aromatic nitrogens is 4. The predicted octanol–water partition coefficient (Wildman–Crippen LogP) is -0.0341. The molecule has 0 unspecified atom stereocenters. The minimum Gasteiger partial charge on any atom is -0.491 e. The zero-order valence-electron chi connectivity index (χ0n) is 16.4. The predicted molar refractivity (Wildman–Crippen MR) is 108 cm³/mol. The van der Waals surface area contributed by atoms with Crippen LogP contribution in [0.25, 0.3) is 11.2 Å². The first kappa shape index (κ1) is 20.6. The van der Waals surface area contributed by atoms with Crippen LogP contribution in [-0.2, 0) is 13.6 Å². The van der Waals surface area contributed by atoms with Gasteiger partial charge in [0.25, 0.3) is 5.56 Å². The molecule has 156 valence electrons. The van der Waals surface area contributed by atoms with Crippen molar-refractivity contribution in [1.29, 1.82) is 0 Å². The third kappa shape index (κ3) is 4.49. The SMILES string of the molecule is Cc1ccccc1OC[C@@H](O)Cn1c(NCCCO)nc2c1c(=O)[nH]c(=O)n2C. The maximum atomic E-state index is 12.4. The van der Waals surface area contributed by atoms with Gasteiger partial charge in [-0.3, -0.25) is 14.3 Å². The monoisotopic (exact) mass is 403 g/mol. The highest BCUT2D eigenvalue weighted by Crippen LogP contribution is 2.18. The summed E-state index contributed by atoms with van der Waals surface area (Å²) >= 11 is 0. The Morgan fingerprint density at radius 2 is 2.07 bits per heavy atom. The van der Waals surface area contributed by atoms with Crippen LogP contribution in [0.1, 0.15) is 12.0 Å². The van der Waals surface area contributed by atoms with E-state index in [0.29, 0.717) is 24.7 Å². The summed E-state index contributed by atoms with van der Waals surface area (Å²) in [5.41, 5.74) is 0.173. The van der Waals surface area contributed by atoms with E-state index < -0.39 is 17.4 Å². The molecule has 4 N–H and O–H groups in total. The van der Waals surface area contributed by atoms with Gasteiger partial charge >= 0.3 is 5.69 Å². The number of para-hydroxylation sites is 1. The van der Waals surface area contributed by atoms with Gasteiger partial charge < -0.3 is 24.8 Å². The average molecular weight is 403 g/mol. The zero-order valence-corrected chi connectivity index (χ0v) is 16.4. The molecule has 10 heteroatoms. The molecule has 0 saturated carbocycles. The number of nitrogens with zero attached hydrogens (tertiary/aromatic N) is 3. The fourth-order valence-electron chi connectivity index (χ4n) is 2.99. The molecule has 0 aliphatic rings. The van der Waals surface area contributed by atoms with Crippen molar-refractivity contribution in [3.8, 4) is 5.75 Å². The summed E-state index contributed by atoms with van der Waals surface area (Å²) in [5, 5.41) is 22.6. The number of nitrogens with one attached hydrogen (secondary N) is 2. The van der Waals surface area contributed by atoms with Crippen molar-refractivity contribution >= 4 is 17.1 Å². The van der Waals surface area contributed by atoms with E-state index in [4.69, 9.17) is 9.84 Å². The van der Waals surface area contributed by atoms with Crippen LogP contribution >= 0.6 is 0 Å². The lowest BCUT2D eigenvalue weighted by Crippen LogP contribution is -2.31. The highest BCUT2D eigenvalue weighted by Gasteiger charge is 2.20. The topological polar surface area (TPSA) is 134 Å². The summed E-state index contributed by atoms with van der Waals surface area (Å²) in [6, 6.07) is 7.48. The Hall–Kier alpha value is -3.11. The number of aryl methyl sites for hydroxylation is 2. The number of benzene rings is 1. The van der Waals surface area contributed by atoms with Gasteiger partial charge in [0.05, 0.1) is 6.54 Å². The minimum absolute atomic E-state index is 0.000804. The van der Waals surface area contributed by atoms with Gasteiger partial charge in [0.1, 0.15) is 18.5 Å². The number of ether oxygens (including phenoxy) is 1. The molecule has 0 amide bonds. The molecule has 10 nitrogen and oxygen atoms in total. The number of fused-ring (bicyclic) bond motifs is 1. The van der Waals surface area contributed by atoms with Crippen LogP contribution in [0, 0.1) is 6.92 Å². The second kappa shape index (κ2) is 8.93. The summed E-state index contributed by atoms with van der Waals surface area (Å²) in [6.45, 7) is 2.38. The van der Waals surface area contributed by atoms with Crippen LogP contribution in [0.2, 0.25) is 0 Å². The summed E-state index contributed by atoms with van der Waals surface area (Å²) in [7, 11) is 1.51. The van der Waals surface area contributed by atoms with E-state index in [0.717, 1.165) is 5.56 Å². The summed E-state index contributed by atoms with van der Waals surface area (Å²) in [4.78, 5) is 30.9. The molecule has 0 aliphatic heterocycles. The van der Waals surface area contributed by atoms with Gasteiger partial charge in [-0.1, -0.05) is 18.2 Å². The number of hydrogen-bond acceptors (Lipinski definition) is 7. The molecule has 2 aromatic heterocycles. The molecular formula is C19H25N5O5. The minimum atomic E-state index is -0.929. The maximum absolute atomic E-state index is 12.4. The Balaban J connectivity index is 1.88. The lowest BCUT2D eigenvalue weighted by atomic mass is 10.2. The lowest BCUT2D eigenvalue weighted by Gasteiger charge is -2.16. The fourth-order valence-corrected chi connectivity index (χ4v) is 2.99. The summed E-state index contributed by atoms with van der Waals surface area (Å²) in [5.74, 6) is 0.999. The van der Waals surface area contributed by atoms with E-state index in [2.05, 4.69) is 15.3 Å². The molecule has 0 fully saturated rings. The number of aliphatic hydroxyl groups is 2. The van der Waals surface area contributed by atoms with Crippen LogP contribution in [-0.4, -0.2) is 55.2 Å². The number of aromatic amines is 1. The van der Waals surface area contributed by atoms with Crippen molar-refractivity contribution in [2.45, 2.75) is 26.0 Å². The van der Waals surface area contributed by atoms with Crippen molar-refractivity contribution < 1.29 is 14.9 Å². The molecule has 0 bridgehead atoms. The van der Waals surface area contributed by atoms with Crippen LogP contribution in [0.4, 0.5) is 5.95 Å². The number of imidazole rings is 1. The van der Waals surface area contributed by atoms with E-state index in [1.807, 2.05) is 31.2 Å². The molecule has 0 aliphatic carbocycles. The largest absolute Gasteiger partial charge is 0.491 e. The normalized spacial score (nSPS) is 12.3. The third-order valence-corrected chi connectivity index (χ3v) is 4.54. The molecule has 3 aromatic rings. The molecule has 29 heavy (non-hydrogen) atoms. The van der Waals surface area contributed by atoms with Crippen LogP contribution in [0.15, 0.2) is 33.9 Å². The molecule has 2 heterocycles. The Labute approximate surface area is 166 Å². The lowest BCUT2D eigenvalue weighted by molar-refractivity contribution is 0.0935. The molecule has 3 rings (SSSR count). The van der Waals surface area contributed by atoms with Gasteiger partial charge in [-0.15, -0.1) is 0 Å². The van der Waals surface area contributed by atoms with E-state index in [9.17, 15) is 14.7 Å². The van der Waals surface area contributed by atoms with Crippen molar-refractivity contribution in [1.82, 2.24) is 19.1 Å². The second-order valence-corrected chi connectivity index (χ2v) is 6.77. The summed E-state index contributed by atoms with van der Waals surface area (Å²) in [6.07, 6.45) is -0.445. The Bertz CT molecular complexity index is 1100. The van der Waals surface area contributed by atoms with E-state index in [-0.39, 0.29) is 30.9 Å². The molecule has 0 radical (unpaired) electrons. The smallest absolute Gasteiger partial charge is 0.329 e. The quantitative estimate of drug-likeness (QED) is 0.369. The fraction of sp³-hybridized carbons (Fsp3) is 0.421. The van der Waals surface area contributed by atoms with Crippen molar-refractivity contribution in [2.75, 3.05) is 25.1 Å². The van der Waals surface area contributed by atoms with E-state index in [1.54, 1.807) is 0 Å². The van der Waals surface area contributed by atoms with Gasteiger partial charge in [-0.25, -0.2) is 4.79 Å². The third-order valence-electron chi connectivity index (χ3n) is 4.54. The van der Waals surface area contributed by atoms with E-state index in [1.165, 1.54) is 16.2 Å². The van der Waals surface area contributed by atoms with E-state index >= 15 is 0 Å². The second-order valence-electron chi connectivity index (χ2n) is 6.77. The molecule has 1 atom stereocenters. The Kier molecular flexibility index (Phi) is 6.35. The first-order valence-electron chi connectivity index (χ1n) is 9.33. The number of anilines is 1. The highest BCUT2D eigenvalue weighted by molar-refractivity contribution is 5.74. The van der Waals surface area contributed by atoms with Gasteiger partial charge in [0.15, 0.2) is 11.2 Å². The average Bonchev–Trinajstić information content (AvgIpc) is 3.04. The molecule has 0 saturated heterocycles. The number of H-pyrrole nitrogens is 1. The highest BCUT2D eigenvalue weighted by atomic mass is 16.5. The van der Waals surface area contributed by atoms with Crippen LogP contribution < -0.4 is 21.3 Å². The molecular weight excluding hydrogens is 378 g/mol. The van der Waals surface area contributed by atoms with Gasteiger partial charge in [-0.05, 0) is 25.0 Å². The number of aliphatic hydroxyl groups excluding tert-OH is 2. The zero-order chi connectivity index (χ0) is 21.0. The molecule has 0 spiro atoms. The first-order chi connectivity index (χ1) is 13.9. The van der Waals surface area contributed by atoms with Crippen molar-refractivity contribution in [3.63, 3.8) is 0 Å². The summed E-state index contributed by atoms with van der Waals surface area (Å²) < 4.78 is 8.45. The van der Waals surface area contributed by atoms with Gasteiger partial charge in [-0.2, -0.15) is 4.98 Å². The number of hydrogen-bond donors (Lipinski definition) is 4.